The van der Waals surface area contributed by atoms with Crippen molar-refractivity contribution in [2.24, 2.45) is 0 Å². The van der Waals surface area contributed by atoms with E-state index in [1.54, 1.807) is 0 Å². The first-order chi connectivity index (χ1) is 13.2. The van der Waals surface area contributed by atoms with Crippen LogP contribution in [0.5, 0.6) is 0 Å². The average Bonchev–Trinajstić information content (AvgIpc) is 3.32. The van der Waals surface area contributed by atoms with Crippen LogP contribution in [0.4, 0.5) is 0 Å². The van der Waals surface area contributed by atoms with E-state index in [4.69, 9.17) is 0 Å². The molecule has 2 nitrogen and oxygen atoms in total. The summed E-state index contributed by atoms with van der Waals surface area (Å²) >= 11 is 3.71. The fourth-order valence-electron chi connectivity index (χ4n) is 3.71. The quantitative estimate of drug-likeness (QED) is 0.358. The van der Waals surface area contributed by atoms with Gasteiger partial charge in [-0.2, -0.15) is 0 Å². The Bertz CT molecular complexity index is 935. The van der Waals surface area contributed by atoms with Gasteiger partial charge >= 0.3 is 0 Å². The van der Waals surface area contributed by atoms with Gasteiger partial charge in [-0.05, 0) is 78.4 Å². The van der Waals surface area contributed by atoms with Crippen molar-refractivity contribution in [3.63, 3.8) is 0 Å². The van der Waals surface area contributed by atoms with E-state index >= 15 is 0 Å². The summed E-state index contributed by atoms with van der Waals surface area (Å²) in [5.74, 6) is 0. The second-order valence-corrected chi connectivity index (χ2v) is 9.17. The van der Waals surface area contributed by atoms with Crippen molar-refractivity contribution in [1.29, 1.82) is 0 Å². The van der Waals surface area contributed by atoms with E-state index in [0.717, 1.165) is 26.2 Å². The van der Waals surface area contributed by atoms with Gasteiger partial charge < -0.3 is 9.80 Å². The number of hydrogen-bond acceptors (Lipinski definition) is 4. The minimum absolute atomic E-state index is 1.02. The van der Waals surface area contributed by atoms with Crippen molar-refractivity contribution in [2.75, 3.05) is 27.2 Å². The highest BCUT2D eigenvalue weighted by molar-refractivity contribution is 7.17. The fraction of sp³-hybridized carbons (Fsp3) is 0.304. The fourth-order valence-corrected chi connectivity index (χ4v) is 5.52. The van der Waals surface area contributed by atoms with Crippen molar-refractivity contribution in [1.82, 2.24) is 9.80 Å². The van der Waals surface area contributed by atoms with Gasteiger partial charge in [0.15, 0.2) is 0 Å². The van der Waals surface area contributed by atoms with Crippen molar-refractivity contribution >= 4 is 42.8 Å². The monoisotopic (exact) mass is 394 g/mol. The van der Waals surface area contributed by atoms with Gasteiger partial charge in [0, 0.05) is 22.5 Å². The molecule has 4 aromatic rings. The third kappa shape index (κ3) is 4.41. The highest BCUT2D eigenvalue weighted by Crippen LogP contribution is 2.26. The standard InChI is InChI=1S/C23H26N2S2/c1-24(16-20-8-3-6-18-10-14-26-22(18)20)12-5-13-25(2)17-21-9-4-7-19-11-15-27-23(19)21/h3-4,6-11,14-15H,5,12-13,16-17H2,1-2H3. The maximum atomic E-state index is 2.45. The molecule has 2 aromatic heterocycles. The number of nitrogens with zero attached hydrogens (tertiary/aromatic N) is 2. The summed E-state index contributed by atoms with van der Waals surface area (Å²) in [6.07, 6.45) is 1.19. The molecule has 0 spiro atoms. The molecule has 2 heterocycles. The van der Waals surface area contributed by atoms with Gasteiger partial charge in [0.2, 0.25) is 0 Å². The van der Waals surface area contributed by atoms with Gasteiger partial charge in [-0.25, -0.2) is 0 Å². The van der Waals surface area contributed by atoms with E-state index in [9.17, 15) is 0 Å². The van der Waals surface area contributed by atoms with Crippen LogP contribution in [0.3, 0.4) is 0 Å². The Morgan fingerprint density at radius 2 is 1.15 bits per heavy atom. The second kappa shape index (κ2) is 8.53. The van der Waals surface area contributed by atoms with Gasteiger partial charge in [0.05, 0.1) is 0 Å². The van der Waals surface area contributed by atoms with Crippen LogP contribution in [0.15, 0.2) is 59.3 Å². The van der Waals surface area contributed by atoms with E-state index in [2.05, 4.69) is 83.2 Å². The number of benzene rings is 2. The lowest BCUT2D eigenvalue weighted by Gasteiger charge is -2.21. The molecule has 0 aliphatic heterocycles. The number of fused-ring (bicyclic) bond motifs is 2. The maximum absolute atomic E-state index is 2.45. The smallest absolute Gasteiger partial charge is 0.0387 e. The molecule has 0 amide bonds. The van der Waals surface area contributed by atoms with Crippen LogP contribution in [0.1, 0.15) is 17.5 Å². The average molecular weight is 395 g/mol. The normalized spacial score (nSPS) is 12.0. The Morgan fingerprint density at radius 3 is 1.63 bits per heavy atom. The van der Waals surface area contributed by atoms with Crippen LogP contribution in [0.25, 0.3) is 20.2 Å². The summed E-state index contributed by atoms with van der Waals surface area (Å²) in [7, 11) is 4.47. The lowest BCUT2D eigenvalue weighted by Crippen LogP contribution is -2.25. The largest absolute Gasteiger partial charge is 0.302 e. The molecular weight excluding hydrogens is 368 g/mol. The first-order valence-corrected chi connectivity index (χ1v) is 11.2. The summed E-state index contributed by atoms with van der Waals surface area (Å²) in [4.78, 5) is 4.89. The summed E-state index contributed by atoms with van der Waals surface area (Å²) in [6, 6.07) is 17.7. The predicted molar refractivity (Wildman–Crippen MR) is 121 cm³/mol. The molecular formula is C23H26N2S2. The van der Waals surface area contributed by atoms with Crippen molar-refractivity contribution < 1.29 is 0 Å². The minimum Gasteiger partial charge on any atom is -0.302 e. The molecule has 0 N–H and O–H groups in total. The highest BCUT2D eigenvalue weighted by atomic mass is 32.1. The molecule has 2 aromatic carbocycles. The molecule has 0 aliphatic rings. The van der Waals surface area contributed by atoms with Crippen LogP contribution in [0.2, 0.25) is 0 Å². The number of rotatable bonds is 8. The summed E-state index contributed by atoms with van der Waals surface area (Å²) in [5.41, 5.74) is 2.89. The molecule has 0 bridgehead atoms. The van der Waals surface area contributed by atoms with Gasteiger partial charge in [-0.3, -0.25) is 0 Å². The molecule has 0 aliphatic carbocycles. The zero-order valence-electron chi connectivity index (χ0n) is 16.0. The predicted octanol–water partition coefficient (Wildman–Crippen LogP) is 6.07. The van der Waals surface area contributed by atoms with Crippen molar-refractivity contribution in [3.8, 4) is 0 Å². The molecule has 4 rings (SSSR count). The maximum Gasteiger partial charge on any atom is 0.0387 e. The van der Waals surface area contributed by atoms with Gasteiger partial charge in [-0.1, -0.05) is 36.4 Å². The Balaban J connectivity index is 1.28. The van der Waals surface area contributed by atoms with Gasteiger partial charge in [0.1, 0.15) is 0 Å². The zero-order valence-corrected chi connectivity index (χ0v) is 17.7. The number of thiophene rings is 2. The zero-order chi connectivity index (χ0) is 18.6. The van der Waals surface area contributed by atoms with Crippen LogP contribution in [-0.2, 0) is 13.1 Å². The molecule has 0 atom stereocenters. The number of hydrogen-bond donors (Lipinski definition) is 0. The highest BCUT2D eigenvalue weighted by Gasteiger charge is 2.08. The van der Waals surface area contributed by atoms with Gasteiger partial charge in [0.25, 0.3) is 0 Å². The molecule has 27 heavy (non-hydrogen) atoms. The molecule has 0 fully saturated rings. The first-order valence-electron chi connectivity index (χ1n) is 9.48. The molecule has 0 unspecified atom stereocenters. The van der Waals surface area contributed by atoms with Crippen LogP contribution >= 0.6 is 22.7 Å². The van der Waals surface area contributed by atoms with Crippen LogP contribution in [-0.4, -0.2) is 37.0 Å². The third-order valence-corrected chi connectivity index (χ3v) is 7.09. The summed E-state index contributed by atoms with van der Waals surface area (Å²) in [5, 5.41) is 7.12. The Kier molecular flexibility index (Phi) is 5.89. The Hall–Kier alpha value is -1.72. The Morgan fingerprint density at radius 1 is 0.667 bits per heavy atom. The van der Waals surface area contributed by atoms with Crippen molar-refractivity contribution in [2.45, 2.75) is 19.5 Å². The van der Waals surface area contributed by atoms with E-state index in [1.165, 1.54) is 37.7 Å². The SMILES string of the molecule is CN(CCCN(C)Cc1cccc2ccsc12)Cc1cccc2ccsc12. The van der Waals surface area contributed by atoms with E-state index in [1.807, 2.05) is 22.7 Å². The first kappa shape index (κ1) is 18.6. The van der Waals surface area contributed by atoms with E-state index in [-0.39, 0.29) is 0 Å². The Labute approximate surface area is 169 Å². The van der Waals surface area contributed by atoms with E-state index < -0.39 is 0 Å². The van der Waals surface area contributed by atoms with Crippen molar-refractivity contribution in [3.05, 3.63) is 70.4 Å². The van der Waals surface area contributed by atoms with Crippen LogP contribution < -0.4 is 0 Å². The van der Waals surface area contributed by atoms with E-state index in [0.29, 0.717) is 0 Å². The summed E-state index contributed by atoms with van der Waals surface area (Å²) < 4.78 is 2.87. The topological polar surface area (TPSA) is 6.48 Å². The lowest BCUT2D eigenvalue weighted by atomic mass is 10.1. The van der Waals surface area contributed by atoms with Gasteiger partial charge in [-0.15, -0.1) is 22.7 Å². The lowest BCUT2D eigenvalue weighted by molar-refractivity contribution is 0.271. The minimum atomic E-state index is 1.02. The molecule has 4 heteroatoms. The third-order valence-electron chi connectivity index (χ3n) is 5.08. The molecule has 0 saturated heterocycles. The summed E-state index contributed by atoms with van der Waals surface area (Å²) in [6.45, 7) is 4.29. The molecule has 0 saturated carbocycles. The second-order valence-electron chi connectivity index (χ2n) is 7.34. The molecule has 0 radical (unpaired) electrons. The van der Waals surface area contributed by atoms with Crippen LogP contribution in [0, 0.1) is 0 Å². The molecule has 140 valence electrons.